The number of methoxy groups -OCH3 is 2. The summed E-state index contributed by atoms with van der Waals surface area (Å²) < 4.78 is 22.6. The van der Waals surface area contributed by atoms with E-state index < -0.39 is 18.5 Å². The zero-order valence-corrected chi connectivity index (χ0v) is 21.0. The van der Waals surface area contributed by atoms with Gasteiger partial charge in [0, 0.05) is 21.3 Å². The van der Waals surface area contributed by atoms with Crippen molar-refractivity contribution in [3.63, 3.8) is 0 Å². The van der Waals surface area contributed by atoms with Gasteiger partial charge < -0.3 is 24.3 Å². The van der Waals surface area contributed by atoms with Gasteiger partial charge in [-0.2, -0.15) is 0 Å². The maximum absolute atomic E-state index is 12.4. The second-order valence-electron chi connectivity index (χ2n) is 7.37. The minimum absolute atomic E-state index is 0.0642. The van der Waals surface area contributed by atoms with E-state index in [4.69, 9.17) is 18.9 Å². The third kappa shape index (κ3) is 7.07. The van der Waals surface area contributed by atoms with Crippen LogP contribution in [0.2, 0.25) is 0 Å². The maximum Gasteiger partial charge on any atom is 0.338 e. The van der Waals surface area contributed by atoms with E-state index in [0.717, 1.165) is 10.0 Å². The van der Waals surface area contributed by atoms with E-state index in [1.807, 2.05) is 0 Å². The van der Waals surface area contributed by atoms with Crippen molar-refractivity contribution in [2.24, 2.45) is 0 Å². The Bertz CT molecular complexity index is 1220. The van der Waals surface area contributed by atoms with Gasteiger partial charge in [-0.05, 0) is 55.5 Å². The number of nitrogens with one attached hydrogen (secondary N) is 1. The molecule has 8 nitrogen and oxygen atoms in total. The molecular formula is C26H24BrNO7. The molecule has 0 radical (unpaired) electrons. The number of rotatable bonds is 10. The molecule has 3 aromatic rings. The largest absolute Gasteiger partial charge is 0.496 e. The van der Waals surface area contributed by atoms with E-state index >= 15 is 0 Å². The standard InChI is InChI=1S/C26H24BrNO7/c1-16(29)17-4-5-19(23(12-17)32-2)14-34-22-11-6-18(13-24(22)33-3)26(31)35-15-25(30)28-21-9-7-20(27)8-10-21/h4-13H,14-15H2,1-3H3,(H,28,30). The maximum atomic E-state index is 12.4. The lowest BCUT2D eigenvalue weighted by atomic mass is 10.1. The molecule has 0 fully saturated rings. The van der Waals surface area contributed by atoms with Gasteiger partial charge in [-0.3, -0.25) is 9.59 Å². The minimum atomic E-state index is -0.678. The fourth-order valence-corrected chi connectivity index (χ4v) is 3.36. The van der Waals surface area contributed by atoms with Crippen molar-refractivity contribution < 1.29 is 33.3 Å². The molecule has 0 saturated carbocycles. The van der Waals surface area contributed by atoms with Crippen LogP contribution in [0.5, 0.6) is 17.2 Å². The number of benzene rings is 3. The van der Waals surface area contributed by atoms with Crippen LogP contribution in [0.15, 0.2) is 65.1 Å². The highest BCUT2D eigenvalue weighted by molar-refractivity contribution is 9.10. The molecule has 182 valence electrons. The Morgan fingerprint density at radius 1 is 0.829 bits per heavy atom. The van der Waals surface area contributed by atoms with Crippen molar-refractivity contribution in [2.75, 3.05) is 26.1 Å². The van der Waals surface area contributed by atoms with Crippen LogP contribution in [0.4, 0.5) is 5.69 Å². The van der Waals surface area contributed by atoms with Crippen LogP contribution in [0.25, 0.3) is 0 Å². The van der Waals surface area contributed by atoms with Gasteiger partial charge in [0.2, 0.25) is 0 Å². The lowest BCUT2D eigenvalue weighted by Gasteiger charge is -2.14. The first-order chi connectivity index (χ1) is 16.8. The number of hydrogen-bond acceptors (Lipinski definition) is 7. The molecule has 1 amide bonds. The number of esters is 1. The number of ether oxygens (including phenoxy) is 4. The molecule has 0 aliphatic heterocycles. The molecular weight excluding hydrogens is 518 g/mol. The van der Waals surface area contributed by atoms with Crippen LogP contribution in [0, 0.1) is 0 Å². The van der Waals surface area contributed by atoms with Gasteiger partial charge in [0.05, 0.1) is 19.8 Å². The van der Waals surface area contributed by atoms with Crippen molar-refractivity contribution in [1.29, 1.82) is 0 Å². The Kier molecular flexibility index (Phi) is 8.86. The molecule has 3 aromatic carbocycles. The highest BCUT2D eigenvalue weighted by Gasteiger charge is 2.15. The second kappa shape index (κ2) is 12.0. The molecule has 0 heterocycles. The van der Waals surface area contributed by atoms with Crippen molar-refractivity contribution in [1.82, 2.24) is 0 Å². The Balaban J connectivity index is 1.61. The van der Waals surface area contributed by atoms with Crippen LogP contribution in [-0.4, -0.2) is 38.5 Å². The van der Waals surface area contributed by atoms with Crippen LogP contribution in [0.1, 0.15) is 33.2 Å². The predicted molar refractivity (Wildman–Crippen MR) is 133 cm³/mol. The summed E-state index contributed by atoms with van der Waals surface area (Å²) in [7, 11) is 2.97. The zero-order valence-electron chi connectivity index (χ0n) is 19.4. The van der Waals surface area contributed by atoms with Crippen LogP contribution in [0.3, 0.4) is 0 Å². The molecule has 35 heavy (non-hydrogen) atoms. The third-order valence-corrected chi connectivity index (χ3v) is 5.47. The fourth-order valence-electron chi connectivity index (χ4n) is 3.10. The summed E-state index contributed by atoms with van der Waals surface area (Å²) in [4.78, 5) is 36.1. The van der Waals surface area contributed by atoms with Gasteiger partial charge in [-0.25, -0.2) is 4.79 Å². The third-order valence-electron chi connectivity index (χ3n) is 4.94. The number of halogens is 1. The average molecular weight is 542 g/mol. The summed E-state index contributed by atoms with van der Waals surface area (Å²) in [5.41, 5.74) is 2.07. The summed E-state index contributed by atoms with van der Waals surface area (Å²) in [6.45, 7) is 1.19. The highest BCUT2D eigenvalue weighted by Crippen LogP contribution is 2.30. The van der Waals surface area contributed by atoms with E-state index in [2.05, 4.69) is 21.2 Å². The molecule has 0 saturated heterocycles. The monoisotopic (exact) mass is 541 g/mol. The lowest BCUT2D eigenvalue weighted by Crippen LogP contribution is -2.20. The van der Waals surface area contributed by atoms with Crippen molar-refractivity contribution in [2.45, 2.75) is 13.5 Å². The number of anilines is 1. The number of Topliss-reactive ketones (excluding diaryl/α,β-unsaturated/α-hetero) is 1. The van der Waals surface area contributed by atoms with Gasteiger partial charge >= 0.3 is 5.97 Å². The molecule has 0 spiro atoms. The number of carbonyl (C=O) groups is 3. The fraction of sp³-hybridized carbons (Fsp3) is 0.192. The second-order valence-corrected chi connectivity index (χ2v) is 8.28. The Hall–Kier alpha value is -3.85. The van der Waals surface area contributed by atoms with Crippen molar-refractivity contribution >= 4 is 39.3 Å². The normalized spacial score (nSPS) is 10.3. The van der Waals surface area contributed by atoms with Crippen LogP contribution < -0.4 is 19.5 Å². The van der Waals surface area contributed by atoms with Gasteiger partial charge in [0.25, 0.3) is 5.91 Å². The first-order valence-corrected chi connectivity index (χ1v) is 11.3. The zero-order chi connectivity index (χ0) is 25.4. The Morgan fingerprint density at radius 2 is 1.49 bits per heavy atom. The van der Waals surface area contributed by atoms with Crippen molar-refractivity contribution in [3.8, 4) is 17.2 Å². The summed E-state index contributed by atoms with van der Waals surface area (Å²) in [5, 5.41) is 2.65. The van der Waals surface area contributed by atoms with Gasteiger partial charge in [0.1, 0.15) is 12.4 Å². The molecule has 0 bridgehead atoms. The molecule has 1 N–H and O–H groups in total. The number of amides is 1. The van der Waals surface area contributed by atoms with Gasteiger partial charge in [0.15, 0.2) is 23.9 Å². The van der Waals surface area contributed by atoms with E-state index in [9.17, 15) is 14.4 Å². The molecule has 0 aliphatic rings. The first kappa shape index (κ1) is 25.8. The molecule has 0 aromatic heterocycles. The summed E-state index contributed by atoms with van der Waals surface area (Å²) in [6, 6.07) is 16.7. The molecule has 9 heteroatoms. The number of ketones is 1. The van der Waals surface area contributed by atoms with Gasteiger partial charge in [-0.15, -0.1) is 0 Å². The van der Waals surface area contributed by atoms with E-state index in [1.165, 1.54) is 33.3 Å². The topological polar surface area (TPSA) is 100 Å². The first-order valence-electron chi connectivity index (χ1n) is 10.5. The highest BCUT2D eigenvalue weighted by atomic mass is 79.9. The van der Waals surface area contributed by atoms with E-state index in [1.54, 1.807) is 48.5 Å². The lowest BCUT2D eigenvalue weighted by molar-refractivity contribution is -0.119. The average Bonchev–Trinajstić information content (AvgIpc) is 2.87. The van der Waals surface area contributed by atoms with E-state index in [-0.39, 0.29) is 18.0 Å². The molecule has 0 aliphatic carbocycles. The van der Waals surface area contributed by atoms with E-state index in [0.29, 0.717) is 28.5 Å². The van der Waals surface area contributed by atoms with Crippen molar-refractivity contribution in [3.05, 3.63) is 81.8 Å². The van der Waals surface area contributed by atoms with Crippen LogP contribution >= 0.6 is 15.9 Å². The molecule has 3 rings (SSSR count). The Morgan fingerprint density at radius 3 is 2.14 bits per heavy atom. The minimum Gasteiger partial charge on any atom is -0.496 e. The molecule has 0 atom stereocenters. The predicted octanol–water partition coefficient (Wildman–Crippen LogP) is 5.04. The smallest absolute Gasteiger partial charge is 0.338 e. The van der Waals surface area contributed by atoms with Crippen LogP contribution in [-0.2, 0) is 16.1 Å². The number of carbonyl (C=O) groups excluding carboxylic acids is 3. The SMILES string of the molecule is COc1cc(C(C)=O)ccc1COc1ccc(C(=O)OCC(=O)Nc2ccc(Br)cc2)cc1OC. The quantitative estimate of drug-likeness (QED) is 0.283. The summed E-state index contributed by atoms with van der Waals surface area (Å²) in [5.74, 6) is 0.0384. The summed E-state index contributed by atoms with van der Waals surface area (Å²) >= 11 is 3.32. The molecule has 0 unspecified atom stereocenters. The Labute approximate surface area is 211 Å². The summed E-state index contributed by atoms with van der Waals surface area (Å²) in [6.07, 6.45) is 0. The number of hydrogen-bond donors (Lipinski definition) is 1. The van der Waals surface area contributed by atoms with Gasteiger partial charge in [-0.1, -0.05) is 28.1 Å².